The monoisotopic (exact) mass is 537 g/mol. The number of likely N-dealkylation sites (tertiary alicyclic amines) is 1. The molecule has 5 aromatic rings. The summed E-state index contributed by atoms with van der Waals surface area (Å²) in [7, 11) is 2.16. The van der Waals surface area contributed by atoms with Crippen molar-refractivity contribution in [1.29, 1.82) is 0 Å². The van der Waals surface area contributed by atoms with Crippen LogP contribution in [0.1, 0.15) is 24.3 Å². The van der Waals surface area contributed by atoms with Crippen LogP contribution < -0.4 is 10.9 Å². The van der Waals surface area contributed by atoms with E-state index in [2.05, 4.69) is 55.9 Å². The lowest BCUT2D eigenvalue weighted by atomic mass is 9.89. The van der Waals surface area contributed by atoms with Crippen LogP contribution in [-0.2, 0) is 6.54 Å². The predicted molar refractivity (Wildman–Crippen MR) is 151 cm³/mol. The lowest BCUT2D eigenvalue weighted by molar-refractivity contribution is 0.255. The molecule has 6 rings (SSSR count). The molecule has 0 bridgehead atoms. The van der Waals surface area contributed by atoms with Gasteiger partial charge in [-0.1, -0.05) is 24.3 Å². The zero-order valence-corrected chi connectivity index (χ0v) is 22.0. The van der Waals surface area contributed by atoms with Gasteiger partial charge in [-0.3, -0.25) is 4.79 Å². The smallest absolute Gasteiger partial charge is 0.278 e. The molecule has 4 aromatic heterocycles. The van der Waals surface area contributed by atoms with E-state index in [9.17, 15) is 9.18 Å². The predicted octanol–water partition coefficient (Wildman–Crippen LogP) is 4.31. The average molecular weight is 538 g/mol. The molecule has 1 saturated heterocycles. The van der Waals surface area contributed by atoms with E-state index in [0.717, 1.165) is 37.8 Å². The van der Waals surface area contributed by atoms with Crippen LogP contribution in [0.25, 0.3) is 28.2 Å². The van der Waals surface area contributed by atoms with Crippen molar-refractivity contribution >= 4 is 22.7 Å². The summed E-state index contributed by atoms with van der Waals surface area (Å²) in [6.07, 6.45) is 7.81. The molecule has 1 aliphatic rings. The Morgan fingerprint density at radius 2 is 1.80 bits per heavy atom. The molecule has 1 N–H and O–H groups in total. The van der Waals surface area contributed by atoms with Gasteiger partial charge < -0.3 is 10.2 Å². The summed E-state index contributed by atoms with van der Waals surface area (Å²) in [4.78, 5) is 37.2. The maximum absolute atomic E-state index is 13.3. The second kappa shape index (κ2) is 10.8. The molecule has 0 unspecified atom stereocenters. The van der Waals surface area contributed by atoms with Crippen molar-refractivity contribution in [2.24, 2.45) is 0 Å². The van der Waals surface area contributed by atoms with E-state index in [-0.39, 0.29) is 12.1 Å². The van der Waals surface area contributed by atoms with Gasteiger partial charge >= 0.3 is 0 Å². The number of pyridine rings is 1. The van der Waals surface area contributed by atoms with Crippen molar-refractivity contribution in [2.75, 3.05) is 25.5 Å². The largest absolute Gasteiger partial charge is 0.324 e. The quantitative estimate of drug-likeness (QED) is 0.306. The molecule has 0 spiro atoms. The van der Waals surface area contributed by atoms with Crippen molar-refractivity contribution in [2.45, 2.75) is 25.3 Å². The first kappa shape index (κ1) is 25.5. The summed E-state index contributed by atoms with van der Waals surface area (Å²) < 4.78 is 16.4. The molecule has 1 aliphatic heterocycles. The number of nitrogens with zero attached hydrogens (tertiary/aromatic N) is 8. The van der Waals surface area contributed by atoms with Gasteiger partial charge in [0.15, 0.2) is 11.5 Å². The zero-order chi connectivity index (χ0) is 27.6. The Bertz CT molecular complexity index is 1720. The van der Waals surface area contributed by atoms with Crippen LogP contribution in [0.3, 0.4) is 0 Å². The zero-order valence-electron chi connectivity index (χ0n) is 22.0. The number of benzene rings is 1. The number of allylic oxidation sites excluding steroid dienone is 1. The van der Waals surface area contributed by atoms with E-state index in [1.165, 1.54) is 22.6 Å². The fourth-order valence-electron chi connectivity index (χ4n) is 5.05. The van der Waals surface area contributed by atoms with E-state index in [1.54, 1.807) is 29.0 Å². The van der Waals surface area contributed by atoms with Crippen molar-refractivity contribution in [1.82, 2.24) is 39.2 Å². The standard InChI is InChI=1S/C29H28FN9O/c1-3-13-38-28(40)22-16-33-29(34-21-9-7-19(8-10-21)20-11-14-37(2)15-12-20)36-27(22)39(38)26-6-4-5-23(35-26)24-17-32-25(30)18-31-24/h3-10,16-18,20H,1,11-15H2,2H3,(H,33,34,36). The van der Waals surface area contributed by atoms with Gasteiger partial charge in [0.2, 0.25) is 11.9 Å². The average Bonchev–Trinajstić information content (AvgIpc) is 3.25. The Balaban J connectivity index is 1.35. The van der Waals surface area contributed by atoms with Gasteiger partial charge in [0, 0.05) is 11.9 Å². The van der Waals surface area contributed by atoms with Crippen molar-refractivity contribution in [3.05, 3.63) is 95.6 Å². The van der Waals surface area contributed by atoms with Gasteiger partial charge in [-0.2, -0.15) is 9.37 Å². The Labute approximate surface area is 229 Å². The molecule has 0 radical (unpaired) electrons. The lowest BCUT2D eigenvalue weighted by Gasteiger charge is -2.29. The third kappa shape index (κ3) is 4.98. The minimum Gasteiger partial charge on any atom is -0.324 e. The number of halogens is 1. The van der Waals surface area contributed by atoms with E-state index >= 15 is 0 Å². The fraction of sp³-hybridized carbons (Fsp3) is 0.241. The molecule has 11 heteroatoms. The summed E-state index contributed by atoms with van der Waals surface area (Å²) in [6.45, 7) is 6.25. The van der Waals surface area contributed by atoms with Crippen LogP contribution in [0.15, 0.2) is 78.5 Å². The number of nitrogens with one attached hydrogen (secondary N) is 1. The Morgan fingerprint density at radius 3 is 2.52 bits per heavy atom. The molecule has 1 aromatic carbocycles. The minimum atomic E-state index is -0.677. The van der Waals surface area contributed by atoms with Gasteiger partial charge in [0.05, 0.1) is 24.6 Å². The first-order chi connectivity index (χ1) is 19.5. The number of rotatable bonds is 7. The van der Waals surface area contributed by atoms with Crippen LogP contribution >= 0.6 is 0 Å². The molecular weight excluding hydrogens is 509 g/mol. The molecule has 10 nitrogen and oxygen atoms in total. The van der Waals surface area contributed by atoms with Crippen LogP contribution in [0.2, 0.25) is 0 Å². The number of fused-ring (bicyclic) bond motifs is 1. The van der Waals surface area contributed by atoms with Gasteiger partial charge in [-0.05, 0) is 68.7 Å². The topological polar surface area (TPSA) is 107 Å². The van der Waals surface area contributed by atoms with Crippen molar-refractivity contribution in [3.63, 3.8) is 0 Å². The van der Waals surface area contributed by atoms with E-state index in [1.807, 2.05) is 12.1 Å². The maximum atomic E-state index is 13.3. The molecule has 40 heavy (non-hydrogen) atoms. The molecule has 0 aliphatic carbocycles. The highest BCUT2D eigenvalue weighted by molar-refractivity contribution is 5.77. The van der Waals surface area contributed by atoms with Crippen molar-refractivity contribution < 1.29 is 4.39 Å². The SMILES string of the molecule is C=CCn1c(=O)c2cnc(Nc3ccc(C4CCN(C)CC4)cc3)nc2n1-c1cccc(-c2cnc(F)cn2)n1. The first-order valence-electron chi connectivity index (χ1n) is 13.1. The molecule has 1 fully saturated rings. The third-order valence-electron chi connectivity index (χ3n) is 7.17. The highest BCUT2D eigenvalue weighted by Crippen LogP contribution is 2.29. The van der Waals surface area contributed by atoms with Gasteiger partial charge in [0.25, 0.3) is 5.56 Å². The summed E-state index contributed by atoms with van der Waals surface area (Å²) in [5.74, 6) is 0.680. The normalized spacial score (nSPS) is 14.4. The van der Waals surface area contributed by atoms with E-state index in [0.29, 0.717) is 40.1 Å². The Hall–Kier alpha value is -4.77. The maximum Gasteiger partial charge on any atom is 0.278 e. The first-order valence-corrected chi connectivity index (χ1v) is 13.1. The van der Waals surface area contributed by atoms with Gasteiger partial charge in [-0.15, -0.1) is 6.58 Å². The highest BCUT2D eigenvalue weighted by atomic mass is 19.1. The summed E-state index contributed by atoms with van der Waals surface area (Å²) in [6, 6.07) is 13.7. The summed E-state index contributed by atoms with van der Waals surface area (Å²) >= 11 is 0. The fourth-order valence-corrected chi connectivity index (χ4v) is 5.05. The summed E-state index contributed by atoms with van der Waals surface area (Å²) in [5, 5.41) is 3.61. The number of hydrogen-bond acceptors (Lipinski definition) is 8. The Morgan fingerprint density at radius 1 is 1.00 bits per heavy atom. The lowest BCUT2D eigenvalue weighted by Crippen LogP contribution is -2.29. The Kier molecular flexibility index (Phi) is 6.87. The minimum absolute atomic E-state index is 0.235. The molecule has 5 heterocycles. The summed E-state index contributed by atoms with van der Waals surface area (Å²) in [5.41, 5.74) is 3.19. The van der Waals surface area contributed by atoms with Crippen LogP contribution in [-0.4, -0.2) is 59.3 Å². The highest BCUT2D eigenvalue weighted by Gasteiger charge is 2.20. The second-order valence-electron chi connectivity index (χ2n) is 9.85. The number of anilines is 2. The van der Waals surface area contributed by atoms with E-state index in [4.69, 9.17) is 4.98 Å². The number of hydrogen-bond donors (Lipinski definition) is 1. The molecule has 0 atom stereocenters. The van der Waals surface area contributed by atoms with E-state index < -0.39 is 5.95 Å². The van der Waals surface area contributed by atoms with Gasteiger partial charge in [0.1, 0.15) is 11.1 Å². The third-order valence-corrected chi connectivity index (χ3v) is 7.17. The number of aromatic nitrogens is 7. The second-order valence-corrected chi connectivity index (χ2v) is 9.85. The molecular formula is C29H28FN9O. The van der Waals surface area contributed by atoms with Crippen LogP contribution in [0.5, 0.6) is 0 Å². The number of piperidine rings is 1. The van der Waals surface area contributed by atoms with Crippen LogP contribution in [0.4, 0.5) is 16.0 Å². The van der Waals surface area contributed by atoms with Gasteiger partial charge in [-0.25, -0.2) is 29.3 Å². The van der Waals surface area contributed by atoms with Crippen molar-refractivity contribution in [3.8, 4) is 17.2 Å². The molecule has 202 valence electrons. The molecule has 0 saturated carbocycles. The van der Waals surface area contributed by atoms with Crippen LogP contribution in [0, 0.1) is 5.95 Å². The molecule has 0 amide bonds.